The Bertz CT molecular complexity index is 1940. The lowest BCUT2D eigenvalue weighted by atomic mass is 9.87. The molecule has 3 aliphatic rings. The number of anilines is 2. The first-order valence-corrected chi connectivity index (χ1v) is 17.4. The van der Waals surface area contributed by atoms with Crippen LogP contribution in [0.1, 0.15) is 24.8 Å². The fourth-order valence-electron chi connectivity index (χ4n) is 6.30. The molecule has 246 valence electrons. The maximum Gasteiger partial charge on any atom is 0.697 e. The van der Waals surface area contributed by atoms with Gasteiger partial charge in [-0.1, -0.05) is 6.92 Å². The summed E-state index contributed by atoms with van der Waals surface area (Å²) in [6, 6.07) is -0.736. The van der Waals surface area contributed by atoms with Crippen molar-refractivity contribution >= 4 is 61.9 Å². The normalized spacial score (nSPS) is 36.3. The molecule has 46 heavy (non-hydrogen) atoms. The van der Waals surface area contributed by atoms with E-state index >= 15 is 0 Å². The molecule has 0 aromatic carbocycles. The zero-order valence-corrected chi connectivity index (χ0v) is 26.7. The number of methoxy groups -OCH3 is 1. The van der Waals surface area contributed by atoms with Crippen molar-refractivity contribution in [1.82, 2.24) is 39.0 Å². The minimum atomic E-state index is -4.87. The van der Waals surface area contributed by atoms with E-state index in [1.807, 2.05) is 0 Å². The Balaban J connectivity index is 1.22. The van der Waals surface area contributed by atoms with Crippen LogP contribution in [0.15, 0.2) is 23.8 Å². The van der Waals surface area contributed by atoms with Crippen molar-refractivity contribution in [2.45, 2.75) is 54.4 Å². The number of aromatic nitrogens is 8. The van der Waals surface area contributed by atoms with E-state index in [4.69, 9.17) is 34.3 Å². The molecule has 7 rings (SSSR count). The number of nitrogens with one attached hydrogen (secondary N) is 1. The molecule has 2 saturated heterocycles. The zero-order valence-electron chi connectivity index (χ0n) is 24.1. The molecule has 4 aromatic heterocycles. The quantitative estimate of drug-likeness (QED) is 0.183. The summed E-state index contributed by atoms with van der Waals surface area (Å²) in [5.41, 5.74) is 10.7. The molecule has 10 atom stereocenters. The second kappa shape index (κ2) is 11.6. The summed E-state index contributed by atoms with van der Waals surface area (Å²) in [6.07, 6.45) is -0.395. The lowest BCUT2D eigenvalue weighted by Gasteiger charge is -2.30. The van der Waals surface area contributed by atoms with Gasteiger partial charge in [-0.3, -0.25) is 23.4 Å². The van der Waals surface area contributed by atoms with Gasteiger partial charge in [-0.05, 0) is 6.42 Å². The largest absolute Gasteiger partial charge is 0.697 e. The van der Waals surface area contributed by atoms with Crippen LogP contribution >= 0.6 is 27.8 Å². The molecule has 0 spiro atoms. The van der Waals surface area contributed by atoms with Gasteiger partial charge in [0.15, 0.2) is 28.7 Å². The summed E-state index contributed by atoms with van der Waals surface area (Å²) in [6.45, 7) is 0.985. The number of phosphoric acid groups is 1. The molecular formula is C23H29N10O10P2S+. The molecule has 7 N–H and O–H groups in total. The Morgan fingerprint density at radius 2 is 1.96 bits per heavy atom. The van der Waals surface area contributed by atoms with Gasteiger partial charge in [0.05, 0.1) is 30.6 Å². The number of phosphoric ester groups is 1. The molecule has 0 amide bonds. The molecule has 23 heteroatoms. The van der Waals surface area contributed by atoms with Gasteiger partial charge in [0.2, 0.25) is 5.95 Å². The van der Waals surface area contributed by atoms with Gasteiger partial charge in [0, 0.05) is 17.1 Å². The smallest absolute Gasteiger partial charge is 0.388 e. The highest BCUT2D eigenvalue weighted by atomic mass is 32.2. The Morgan fingerprint density at radius 1 is 1.20 bits per heavy atom. The SMILES string of the molecule is CO[C@H]1[C@H]2OP(=O)(O)OC[C@@]3(C)C[C@@H](n4cnc5c(N)ncnc54)[C@H](O)[C@@H]3O[P+](=O)OC[C@H]1S[C@H]2n1cnc2c(=O)[nH]c(N)nc21. The van der Waals surface area contributed by atoms with E-state index in [2.05, 4.69) is 29.9 Å². The highest BCUT2D eigenvalue weighted by Crippen LogP contribution is 2.57. The number of nitrogens with zero attached hydrogens (tertiary/aromatic N) is 7. The molecule has 2 aliphatic heterocycles. The number of thioether (sulfide) groups is 1. The summed E-state index contributed by atoms with van der Waals surface area (Å²) in [7, 11) is -6.32. The number of aromatic amines is 1. The highest BCUT2D eigenvalue weighted by molar-refractivity contribution is 8.00. The standard InChI is InChI=1S/C23H28N10O10P2S/c1-23-3-9(32-7-28-11-17(24)26-6-27-18(11)32)13(34)16(23)42-44(36)40-4-10-14(39-2)15(43-45(37,38)41-5-23)21(46-10)33-8-29-12-19(33)30-22(25)31-20(12)35/h6-10,13-16,21,34H,3-5H2,1-2H3,(H5-,24,25,26,27,30,31,35,37,38)/p+1/t9-,10-,13+,14-,15-,16+,21-,23-/m1/s1. The maximum atomic E-state index is 13.6. The van der Waals surface area contributed by atoms with Crippen molar-refractivity contribution in [3.8, 4) is 0 Å². The first kappa shape index (κ1) is 31.5. The number of ether oxygens (including phenoxy) is 1. The number of aliphatic hydroxyl groups excluding tert-OH is 1. The average molecular weight is 700 g/mol. The van der Waals surface area contributed by atoms with E-state index in [1.54, 1.807) is 11.5 Å². The molecular weight excluding hydrogens is 670 g/mol. The number of nitrogens with two attached hydrogens (primary N) is 2. The summed E-state index contributed by atoms with van der Waals surface area (Å²) in [4.78, 5) is 46.6. The van der Waals surface area contributed by atoms with Crippen molar-refractivity contribution in [3.05, 3.63) is 29.3 Å². The summed E-state index contributed by atoms with van der Waals surface area (Å²) in [5, 5.41) is 10.0. The van der Waals surface area contributed by atoms with Gasteiger partial charge >= 0.3 is 16.1 Å². The molecule has 20 nitrogen and oxygen atoms in total. The minimum Gasteiger partial charge on any atom is -0.388 e. The molecule has 4 aromatic rings. The maximum absolute atomic E-state index is 13.6. The molecule has 6 heterocycles. The van der Waals surface area contributed by atoms with Gasteiger partial charge in [-0.25, -0.2) is 24.5 Å². The lowest BCUT2D eigenvalue weighted by Crippen LogP contribution is -2.39. The number of hydrogen-bond acceptors (Lipinski definition) is 17. The zero-order chi connectivity index (χ0) is 32.5. The van der Waals surface area contributed by atoms with Crippen molar-refractivity contribution < 1.29 is 42.0 Å². The number of H-pyrrole nitrogens is 1. The van der Waals surface area contributed by atoms with Gasteiger partial charge in [-0.15, -0.1) is 20.8 Å². The number of imidazole rings is 2. The third-order valence-electron chi connectivity index (χ3n) is 8.45. The fourth-order valence-corrected chi connectivity index (χ4v) is 10.0. The van der Waals surface area contributed by atoms with E-state index in [0.717, 1.165) is 0 Å². The van der Waals surface area contributed by atoms with E-state index in [0.29, 0.717) is 11.2 Å². The topological polar surface area (TPSA) is 280 Å². The van der Waals surface area contributed by atoms with Crippen molar-refractivity contribution in [3.63, 3.8) is 0 Å². The Hall–Kier alpha value is -3.10. The number of nitrogen functional groups attached to an aromatic ring is 2. The van der Waals surface area contributed by atoms with E-state index in [1.165, 1.54) is 42.4 Å². The summed E-state index contributed by atoms with van der Waals surface area (Å²) >= 11 is 1.19. The number of hydrogen-bond donors (Lipinski definition) is 5. The number of rotatable bonds is 3. The predicted octanol–water partition coefficient (Wildman–Crippen LogP) is 0.640. The molecule has 0 radical (unpaired) electrons. The minimum absolute atomic E-state index is 0.00957. The van der Waals surface area contributed by atoms with Crippen LogP contribution in [0.3, 0.4) is 0 Å². The van der Waals surface area contributed by atoms with Gasteiger partial charge in [-0.2, -0.15) is 4.98 Å². The molecule has 1 aliphatic carbocycles. The van der Waals surface area contributed by atoms with E-state index < -0.39 is 74.7 Å². The molecule has 2 bridgehead atoms. The van der Waals surface area contributed by atoms with Crippen LogP contribution in [0.5, 0.6) is 0 Å². The third kappa shape index (κ3) is 5.29. The lowest BCUT2D eigenvalue weighted by molar-refractivity contribution is -0.0357. The Morgan fingerprint density at radius 3 is 2.74 bits per heavy atom. The Labute approximate surface area is 263 Å². The highest BCUT2D eigenvalue weighted by Gasteiger charge is 2.59. The second-order valence-electron chi connectivity index (χ2n) is 11.4. The summed E-state index contributed by atoms with van der Waals surface area (Å²) in [5.74, 6) is -0.0101. The van der Waals surface area contributed by atoms with Crippen LogP contribution in [0.4, 0.5) is 11.8 Å². The van der Waals surface area contributed by atoms with Crippen molar-refractivity contribution in [2.24, 2.45) is 5.41 Å². The first-order valence-electron chi connectivity index (χ1n) is 13.8. The second-order valence-corrected chi connectivity index (χ2v) is 15.1. The average Bonchev–Trinajstić information content (AvgIpc) is 3.75. The van der Waals surface area contributed by atoms with Gasteiger partial charge in [0.1, 0.15) is 42.1 Å². The van der Waals surface area contributed by atoms with Gasteiger partial charge in [0.25, 0.3) is 5.56 Å². The van der Waals surface area contributed by atoms with Crippen LogP contribution in [0, 0.1) is 5.41 Å². The molecule has 1 saturated carbocycles. The van der Waals surface area contributed by atoms with Crippen LogP contribution in [0.25, 0.3) is 22.3 Å². The number of aliphatic hydroxyl groups is 1. The van der Waals surface area contributed by atoms with E-state index in [-0.39, 0.29) is 36.0 Å². The molecule has 2 unspecified atom stereocenters. The fraction of sp³-hybridized carbons (Fsp3) is 0.565. The Kier molecular flexibility index (Phi) is 7.91. The van der Waals surface area contributed by atoms with Crippen LogP contribution < -0.4 is 17.0 Å². The predicted molar refractivity (Wildman–Crippen MR) is 160 cm³/mol. The number of fused-ring (bicyclic) bond motifs is 5. The summed E-state index contributed by atoms with van der Waals surface area (Å²) < 4.78 is 58.4. The van der Waals surface area contributed by atoms with E-state index in [9.17, 15) is 23.9 Å². The van der Waals surface area contributed by atoms with Crippen LogP contribution in [0.2, 0.25) is 0 Å². The molecule has 3 fully saturated rings. The van der Waals surface area contributed by atoms with Crippen molar-refractivity contribution in [2.75, 3.05) is 31.8 Å². The monoisotopic (exact) mass is 699 g/mol. The van der Waals surface area contributed by atoms with Gasteiger partial charge < -0.3 is 30.8 Å². The van der Waals surface area contributed by atoms with Crippen molar-refractivity contribution in [1.29, 1.82) is 0 Å². The van der Waals surface area contributed by atoms with Crippen LogP contribution in [-0.4, -0.2) is 99.0 Å². The first-order chi connectivity index (χ1) is 21.9. The third-order valence-corrected chi connectivity index (χ3v) is 11.7. The van der Waals surface area contributed by atoms with Crippen LogP contribution in [-0.2, 0) is 32.0 Å².